The van der Waals surface area contributed by atoms with E-state index in [0.29, 0.717) is 29.3 Å². The van der Waals surface area contributed by atoms with E-state index in [1.807, 2.05) is 4.90 Å². The molecule has 0 saturated carbocycles. The Bertz CT molecular complexity index is 1440. The number of amides is 1. The van der Waals surface area contributed by atoms with Crippen molar-refractivity contribution in [3.05, 3.63) is 106 Å². The zero-order chi connectivity index (χ0) is 35.7. The molecular formula is C34H37Cl3N2O8S. The average molecular weight is 740 g/mol. The number of likely N-dealkylation sites (tertiary alicyclic amines) is 1. The van der Waals surface area contributed by atoms with E-state index in [-0.39, 0.29) is 22.6 Å². The molecular weight excluding hydrogens is 703 g/mol. The number of rotatable bonds is 6. The first-order valence-corrected chi connectivity index (χ1v) is 18.0. The first-order chi connectivity index (χ1) is 23.1. The number of piperidine rings is 2. The molecule has 2 N–H and O–H groups in total. The molecule has 0 bridgehead atoms. The van der Waals surface area contributed by atoms with E-state index in [1.165, 1.54) is 57.0 Å². The highest BCUT2D eigenvalue weighted by Crippen LogP contribution is 2.15. The molecule has 14 heteroatoms. The fraction of sp³-hybridized carbons (Fsp3) is 0.294. The van der Waals surface area contributed by atoms with Crippen molar-refractivity contribution < 1.29 is 38.1 Å². The average Bonchev–Trinajstić information content (AvgIpc) is 3.12. The lowest BCUT2D eigenvalue weighted by molar-refractivity contribution is 0.0691. The summed E-state index contributed by atoms with van der Waals surface area (Å²) in [5.74, 6) is -1.09. The van der Waals surface area contributed by atoms with Gasteiger partial charge in [0, 0.05) is 56.7 Å². The van der Waals surface area contributed by atoms with Crippen LogP contribution in [0.15, 0.2) is 72.8 Å². The number of carbonyl (C=O) groups is 6. The van der Waals surface area contributed by atoms with Crippen LogP contribution in [-0.4, -0.2) is 76.4 Å². The molecule has 258 valence electrons. The Morgan fingerprint density at radius 2 is 1.02 bits per heavy atom. The summed E-state index contributed by atoms with van der Waals surface area (Å²) in [5.41, 5.74) is 1.84. The number of carbonyl (C=O) groups excluding carboxylic acids is 5. The van der Waals surface area contributed by atoms with Crippen molar-refractivity contribution in [2.24, 2.45) is 0 Å². The van der Waals surface area contributed by atoms with Gasteiger partial charge in [0.25, 0.3) is 11.1 Å². The monoisotopic (exact) mass is 738 g/mol. The van der Waals surface area contributed by atoms with Crippen LogP contribution < -0.4 is 5.32 Å². The molecule has 2 aliphatic heterocycles. The summed E-state index contributed by atoms with van der Waals surface area (Å²) in [5, 5.41) is 11.2. The highest BCUT2D eigenvalue weighted by Gasteiger charge is 2.20. The van der Waals surface area contributed by atoms with Crippen LogP contribution in [0.25, 0.3) is 0 Å². The quantitative estimate of drug-likeness (QED) is 0.201. The highest BCUT2D eigenvalue weighted by molar-refractivity contribution is 8.26. The van der Waals surface area contributed by atoms with Gasteiger partial charge in [-0.05, 0) is 75.0 Å². The Labute approximate surface area is 296 Å². The van der Waals surface area contributed by atoms with Gasteiger partial charge in [0.2, 0.25) is 9.23 Å². The molecule has 5 rings (SSSR count). The van der Waals surface area contributed by atoms with E-state index in [9.17, 15) is 28.8 Å². The van der Waals surface area contributed by atoms with Gasteiger partial charge in [-0.1, -0.05) is 61.0 Å². The Morgan fingerprint density at radius 1 is 0.646 bits per heavy atom. The van der Waals surface area contributed by atoms with Gasteiger partial charge in [0.05, 0.1) is 11.1 Å². The standard InChI is InChI=1S/C13H15NO2.C8H5ClO2.C8H6O3.C5H11N.Cl2OS/c15-10-11-6-2-3-7-12(11)13(16)14-8-4-1-5-9-14;9-8(11)7-4-2-1-3-6(7)5-10;9-5-6-3-1-2-4-7(6)8(10)11;1-2-4-6-5-3-1;1-4(2)3/h2-3,6-7,10H,1,4-5,8-9H2;1-5H;1-5H,(H,10,11);6H,1-5H2;. The van der Waals surface area contributed by atoms with Gasteiger partial charge >= 0.3 is 5.97 Å². The second kappa shape index (κ2) is 25.3. The Kier molecular flexibility index (Phi) is 22.3. The van der Waals surface area contributed by atoms with Crippen LogP contribution in [-0.2, 0) is 9.23 Å². The van der Waals surface area contributed by atoms with Crippen LogP contribution in [0.2, 0.25) is 0 Å². The molecule has 0 aromatic heterocycles. The zero-order valence-electron chi connectivity index (χ0n) is 26.0. The fourth-order valence-corrected chi connectivity index (χ4v) is 4.61. The molecule has 10 nitrogen and oxygen atoms in total. The van der Waals surface area contributed by atoms with E-state index in [2.05, 4.69) is 26.7 Å². The topological polar surface area (TPSA) is 155 Å². The second-order valence-electron chi connectivity index (χ2n) is 10.0. The van der Waals surface area contributed by atoms with Crippen molar-refractivity contribution in [1.82, 2.24) is 10.2 Å². The van der Waals surface area contributed by atoms with Gasteiger partial charge in [0.1, 0.15) is 0 Å². The maximum absolute atomic E-state index is 12.1. The van der Waals surface area contributed by atoms with Crippen molar-refractivity contribution in [3.8, 4) is 0 Å². The molecule has 0 spiro atoms. The molecule has 3 aromatic rings. The second-order valence-corrected chi connectivity index (χ2v) is 12.9. The molecule has 1 amide bonds. The number of aldehydes is 3. The number of carboxylic acids is 1. The summed E-state index contributed by atoms with van der Waals surface area (Å²) in [6, 6.07) is 19.4. The number of carboxylic acid groups (broad SMARTS) is 1. The minimum absolute atomic E-state index is 0.0117. The third kappa shape index (κ3) is 16.9. The van der Waals surface area contributed by atoms with Crippen LogP contribution in [0.4, 0.5) is 0 Å². The van der Waals surface area contributed by atoms with Crippen LogP contribution in [0.1, 0.15) is 101 Å². The molecule has 0 radical (unpaired) electrons. The SMILES string of the molecule is C1CCNCC1.O=Cc1ccccc1C(=O)Cl.O=Cc1ccccc1C(=O)N1CCCCC1.O=Cc1ccccc1C(=O)O.O=S(Cl)Cl. The molecule has 2 fully saturated rings. The van der Waals surface area contributed by atoms with Crippen LogP contribution in [0, 0.1) is 0 Å². The summed E-state index contributed by atoms with van der Waals surface area (Å²) in [6.07, 6.45) is 9.42. The first kappa shape index (κ1) is 42.3. The maximum atomic E-state index is 12.1. The van der Waals surface area contributed by atoms with Gasteiger partial charge in [-0.15, -0.1) is 0 Å². The Hall–Kier alpha value is -3.74. The Balaban J connectivity index is 0.000000321. The zero-order valence-corrected chi connectivity index (χ0v) is 29.1. The van der Waals surface area contributed by atoms with E-state index in [0.717, 1.165) is 32.2 Å². The number of hydrogen-bond donors (Lipinski definition) is 2. The fourth-order valence-electron chi connectivity index (χ4n) is 4.44. The van der Waals surface area contributed by atoms with Crippen molar-refractivity contribution >= 4 is 78.2 Å². The third-order valence-corrected chi connectivity index (χ3v) is 6.99. The number of benzene rings is 3. The summed E-state index contributed by atoms with van der Waals surface area (Å²) in [6.45, 7) is 4.12. The Morgan fingerprint density at radius 3 is 1.35 bits per heavy atom. The van der Waals surface area contributed by atoms with Crippen LogP contribution in [0.5, 0.6) is 0 Å². The largest absolute Gasteiger partial charge is 0.478 e. The van der Waals surface area contributed by atoms with Crippen molar-refractivity contribution in [2.45, 2.75) is 38.5 Å². The molecule has 2 aliphatic rings. The predicted molar refractivity (Wildman–Crippen MR) is 189 cm³/mol. The number of nitrogens with one attached hydrogen (secondary N) is 1. The molecule has 3 aromatic carbocycles. The minimum atomic E-state index is -1.67. The van der Waals surface area contributed by atoms with E-state index >= 15 is 0 Å². The normalized spacial score (nSPS) is 13.2. The first-order valence-electron chi connectivity index (χ1n) is 14.9. The molecule has 2 heterocycles. The van der Waals surface area contributed by atoms with Crippen molar-refractivity contribution in [1.29, 1.82) is 0 Å². The van der Waals surface area contributed by atoms with Crippen molar-refractivity contribution in [2.75, 3.05) is 26.2 Å². The van der Waals surface area contributed by atoms with E-state index < -0.39 is 20.4 Å². The number of nitrogens with zero attached hydrogens (tertiary/aromatic N) is 1. The summed E-state index contributed by atoms with van der Waals surface area (Å²) >= 11 is 5.19. The molecule has 0 atom stereocenters. The molecule has 0 unspecified atom stereocenters. The minimum Gasteiger partial charge on any atom is -0.478 e. The number of halogens is 3. The predicted octanol–water partition coefficient (Wildman–Crippen LogP) is 7.00. The lowest BCUT2D eigenvalue weighted by Crippen LogP contribution is -2.36. The maximum Gasteiger partial charge on any atom is 0.336 e. The lowest BCUT2D eigenvalue weighted by Gasteiger charge is -2.27. The number of hydrogen-bond acceptors (Lipinski definition) is 8. The molecule has 2 saturated heterocycles. The third-order valence-electron chi connectivity index (χ3n) is 6.79. The van der Waals surface area contributed by atoms with Gasteiger partial charge < -0.3 is 15.3 Å². The molecule has 48 heavy (non-hydrogen) atoms. The van der Waals surface area contributed by atoms with Gasteiger partial charge in [-0.2, -0.15) is 0 Å². The summed E-state index contributed by atoms with van der Waals surface area (Å²) < 4.78 is 9.09. The highest BCUT2D eigenvalue weighted by atomic mass is 36.0. The van der Waals surface area contributed by atoms with E-state index in [1.54, 1.807) is 54.6 Å². The van der Waals surface area contributed by atoms with Crippen LogP contribution >= 0.6 is 33.0 Å². The smallest absolute Gasteiger partial charge is 0.336 e. The van der Waals surface area contributed by atoms with E-state index in [4.69, 9.17) is 20.9 Å². The van der Waals surface area contributed by atoms with Gasteiger partial charge in [-0.3, -0.25) is 24.0 Å². The van der Waals surface area contributed by atoms with Crippen LogP contribution in [0.3, 0.4) is 0 Å². The lowest BCUT2D eigenvalue weighted by atomic mass is 10.1. The van der Waals surface area contributed by atoms with Gasteiger partial charge in [-0.25, -0.2) is 9.00 Å². The summed E-state index contributed by atoms with van der Waals surface area (Å²) in [4.78, 5) is 66.5. The van der Waals surface area contributed by atoms with Gasteiger partial charge in [0.15, 0.2) is 18.9 Å². The molecule has 0 aliphatic carbocycles. The summed E-state index contributed by atoms with van der Waals surface area (Å²) in [7, 11) is 7.36. The number of aromatic carboxylic acids is 1. The van der Waals surface area contributed by atoms with Crippen molar-refractivity contribution in [3.63, 3.8) is 0 Å².